The van der Waals surface area contributed by atoms with Crippen LogP contribution in [-0.4, -0.2) is 23.4 Å². The Kier molecular flexibility index (Phi) is 3.83. The van der Waals surface area contributed by atoms with Crippen LogP contribution in [0.5, 0.6) is 0 Å². The molecule has 0 unspecified atom stereocenters. The molecule has 1 aromatic carbocycles. The molecule has 0 fully saturated rings. The van der Waals surface area contributed by atoms with Crippen LogP contribution in [0.1, 0.15) is 6.92 Å². The summed E-state index contributed by atoms with van der Waals surface area (Å²) in [4.78, 5) is 11.7. The zero-order valence-electron chi connectivity index (χ0n) is 8.15. The predicted molar refractivity (Wildman–Crippen MR) is 58.9 cm³/mol. The van der Waals surface area contributed by atoms with E-state index in [1.165, 1.54) is 0 Å². The maximum atomic E-state index is 10.6. The molecule has 0 aromatic heterocycles. The number of rotatable bonds is 4. The highest BCUT2D eigenvalue weighted by atomic mass is 32.2. The average Bonchev–Trinajstić information content (AvgIpc) is 2.18. The Morgan fingerprint density at radius 3 is 2.71 bits per heavy atom. The van der Waals surface area contributed by atoms with Crippen molar-refractivity contribution in [2.24, 2.45) is 0 Å². The maximum Gasteiger partial charge on any atom is 0.325 e. The van der Waals surface area contributed by atoms with Crippen molar-refractivity contribution in [1.29, 1.82) is 0 Å². The summed E-state index contributed by atoms with van der Waals surface area (Å²) in [7, 11) is 0. The molecule has 2 N–H and O–H groups in total. The zero-order chi connectivity index (χ0) is 10.6. The van der Waals surface area contributed by atoms with Crippen molar-refractivity contribution < 1.29 is 9.90 Å². The average molecular weight is 211 g/mol. The van der Waals surface area contributed by atoms with Crippen molar-refractivity contribution in [3.8, 4) is 0 Å². The third-order valence-electron chi connectivity index (χ3n) is 1.85. The summed E-state index contributed by atoms with van der Waals surface area (Å²) in [5, 5.41) is 11.7. The smallest absolute Gasteiger partial charge is 0.325 e. The van der Waals surface area contributed by atoms with Gasteiger partial charge in [0.25, 0.3) is 0 Å². The van der Waals surface area contributed by atoms with Crippen molar-refractivity contribution in [1.82, 2.24) is 0 Å². The Balaban J connectivity index is 2.80. The summed E-state index contributed by atoms with van der Waals surface area (Å²) in [5.74, 6) is -0.846. The van der Waals surface area contributed by atoms with Gasteiger partial charge in [-0.25, -0.2) is 0 Å². The number of aliphatic carboxylic acids is 1. The molecule has 0 aliphatic rings. The number of hydrogen-bond donors (Lipinski definition) is 2. The minimum Gasteiger partial charge on any atom is -0.480 e. The normalized spacial score (nSPS) is 12.1. The Morgan fingerprint density at radius 2 is 2.14 bits per heavy atom. The SMILES string of the molecule is CSc1ccccc1N[C@@H](C)C(=O)O. The standard InChI is InChI=1S/C10H13NO2S/c1-7(10(12)13)11-8-5-3-4-6-9(8)14-2/h3-7,11H,1-2H3,(H,12,13)/t7-/m0/s1. The fraction of sp³-hybridized carbons (Fsp3) is 0.300. The van der Waals surface area contributed by atoms with Crippen molar-refractivity contribution >= 4 is 23.4 Å². The van der Waals surface area contributed by atoms with Crippen LogP contribution in [0.25, 0.3) is 0 Å². The van der Waals surface area contributed by atoms with E-state index in [9.17, 15) is 4.79 Å². The van der Waals surface area contributed by atoms with Crippen LogP contribution in [0.2, 0.25) is 0 Å². The van der Waals surface area contributed by atoms with Crippen molar-refractivity contribution in [3.63, 3.8) is 0 Å². The van der Waals surface area contributed by atoms with Gasteiger partial charge in [-0.1, -0.05) is 12.1 Å². The molecule has 1 atom stereocenters. The number of hydrogen-bond acceptors (Lipinski definition) is 3. The molecule has 0 bridgehead atoms. The van der Waals surface area contributed by atoms with Gasteiger partial charge in [0.15, 0.2) is 0 Å². The summed E-state index contributed by atoms with van der Waals surface area (Å²) in [6.45, 7) is 1.62. The maximum absolute atomic E-state index is 10.6. The topological polar surface area (TPSA) is 49.3 Å². The van der Waals surface area contributed by atoms with Crippen LogP contribution in [0, 0.1) is 0 Å². The number of benzene rings is 1. The molecule has 3 nitrogen and oxygen atoms in total. The van der Waals surface area contributed by atoms with Crippen LogP contribution in [0.3, 0.4) is 0 Å². The molecule has 1 rings (SSSR count). The van der Waals surface area contributed by atoms with Gasteiger partial charge in [0.1, 0.15) is 6.04 Å². The third-order valence-corrected chi connectivity index (χ3v) is 2.65. The molecule has 0 aliphatic heterocycles. The van der Waals surface area contributed by atoms with Crippen LogP contribution < -0.4 is 5.32 Å². The minimum absolute atomic E-state index is 0.566. The largest absolute Gasteiger partial charge is 0.480 e. The highest BCUT2D eigenvalue weighted by Crippen LogP contribution is 2.24. The van der Waals surface area contributed by atoms with Crippen molar-refractivity contribution in [2.45, 2.75) is 17.9 Å². The first kappa shape index (κ1) is 10.9. The molecule has 0 aliphatic carbocycles. The van der Waals surface area contributed by atoms with Gasteiger partial charge in [0, 0.05) is 10.6 Å². The second kappa shape index (κ2) is 4.91. The number of carboxylic acids is 1. The Morgan fingerprint density at radius 1 is 1.50 bits per heavy atom. The third kappa shape index (κ3) is 2.67. The minimum atomic E-state index is -0.846. The van der Waals surface area contributed by atoms with Crippen LogP contribution in [0.4, 0.5) is 5.69 Å². The van der Waals surface area contributed by atoms with E-state index < -0.39 is 12.0 Å². The molecule has 0 saturated heterocycles. The number of carboxylic acid groups (broad SMARTS) is 1. The summed E-state index contributed by atoms with van der Waals surface area (Å²) in [6.07, 6.45) is 1.96. The first-order chi connectivity index (χ1) is 6.65. The Labute approximate surface area is 87.5 Å². The van der Waals surface area contributed by atoms with Crippen LogP contribution >= 0.6 is 11.8 Å². The van der Waals surface area contributed by atoms with Gasteiger partial charge in [-0.2, -0.15) is 0 Å². The molecule has 14 heavy (non-hydrogen) atoms. The lowest BCUT2D eigenvalue weighted by molar-refractivity contribution is -0.137. The Hall–Kier alpha value is -1.16. The first-order valence-electron chi connectivity index (χ1n) is 4.27. The highest BCUT2D eigenvalue weighted by molar-refractivity contribution is 7.98. The van der Waals surface area contributed by atoms with E-state index in [0.717, 1.165) is 10.6 Å². The molecule has 0 heterocycles. The molecule has 0 spiro atoms. The Bertz CT molecular complexity index is 328. The molecule has 0 amide bonds. The van der Waals surface area contributed by atoms with Gasteiger partial charge in [-0.3, -0.25) is 4.79 Å². The summed E-state index contributed by atoms with van der Waals surface area (Å²) >= 11 is 1.59. The summed E-state index contributed by atoms with van der Waals surface area (Å²) < 4.78 is 0. The molecule has 1 aromatic rings. The van der Waals surface area contributed by atoms with Crippen molar-refractivity contribution in [2.75, 3.05) is 11.6 Å². The fourth-order valence-electron chi connectivity index (χ4n) is 1.06. The van der Waals surface area contributed by atoms with E-state index in [-0.39, 0.29) is 0 Å². The lowest BCUT2D eigenvalue weighted by atomic mass is 10.2. The van der Waals surface area contributed by atoms with Crippen LogP contribution in [-0.2, 0) is 4.79 Å². The van der Waals surface area contributed by atoms with E-state index >= 15 is 0 Å². The van der Waals surface area contributed by atoms with Gasteiger partial charge in [0.2, 0.25) is 0 Å². The molecule has 0 saturated carbocycles. The molecular formula is C10H13NO2S. The second-order valence-electron chi connectivity index (χ2n) is 2.90. The van der Waals surface area contributed by atoms with E-state index in [1.807, 2.05) is 30.5 Å². The van der Waals surface area contributed by atoms with Crippen LogP contribution in [0.15, 0.2) is 29.2 Å². The molecule has 76 valence electrons. The number of anilines is 1. The van der Waals surface area contributed by atoms with Gasteiger partial charge >= 0.3 is 5.97 Å². The van der Waals surface area contributed by atoms with E-state index in [1.54, 1.807) is 18.7 Å². The first-order valence-corrected chi connectivity index (χ1v) is 5.50. The van der Waals surface area contributed by atoms with E-state index in [4.69, 9.17) is 5.11 Å². The zero-order valence-corrected chi connectivity index (χ0v) is 8.97. The number of nitrogens with one attached hydrogen (secondary N) is 1. The van der Waals surface area contributed by atoms with E-state index in [0.29, 0.717) is 0 Å². The van der Waals surface area contributed by atoms with E-state index in [2.05, 4.69) is 5.32 Å². The van der Waals surface area contributed by atoms with Gasteiger partial charge < -0.3 is 10.4 Å². The quantitative estimate of drug-likeness (QED) is 0.750. The van der Waals surface area contributed by atoms with Gasteiger partial charge in [0.05, 0.1) is 0 Å². The highest BCUT2D eigenvalue weighted by Gasteiger charge is 2.11. The predicted octanol–water partition coefficient (Wildman–Crippen LogP) is 2.29. The summed E-state index contributed by atoms with van der Waals surface area (Å²) in [6, 6.07) is 7.09. The fourth-order valence-corrected chi connectivity index (χ4v) is 1.62. The molecule has 4 heteroatoms. The lowest BCUT2D eigenvalue weighted by Gasteiger charge is -2.13. The van der Waals surface area contributed by atoms with Crippen molar-refractivity contribution in [3.05, 3.63) is 24.3 Å². The summed E-state index contributed by atoms with van der Waals surface area (Å²) in [5.41, 5.74) is 0.870. The number of para-hydroxylation sites is 1. The molecular weight excluding hydrogens is 198 g/mol. The lowest BCUT2D eigenvalue weighted by Crippen LogP contribution is -2.25. The monoisotopic (exact) mass is 211 g/mol. The van der Waals surface area contributed by atoms with Gasteiger partial charge in [-0.05, 0) is 25.3 Å². The number of carbonyl (C=O) groups is 1. The molecule has 0 radical (unpaired) electrons. The second-order valence-corrected chi connectivity index (χ2v) is 3.75. The number of thioether (sulfide) groups is 1. The van der Waals surface area contributed by atoms with Gasteiger partial charge in [-0.15, -0.1) is 11.8 Å².